The molecule has 1 aromatic carbocycles. The van der Waals surface area contributed by atoms with Gasteiger partial charge in [-0.05, 0) is 30.5 Å². The number of aldehydes is 1. The Hall–Kier alpha value is -1.75. The first kappa shape index (κ1) is 14.7. The average molecular weight is 292 g/mol. The van der Waals surface area contributed by atoms with Crippen LogP contribution >= 0.6 is 11.3 Å². The van der Waals surface area contributed by atoms with Crippen LogP contribution in [0.3, 0.4) is 0 Å². The van der Waals surface area contributed by atoms with E-state index in [1.807, 2.05) is 20.0 Å². The summed E-state index contributed by atoms with van der Waals surface area (Å²) >= 11 is 1.34. The first-order valence-electron chi connectivity index (χ1n) is 6.52. The van der Waals surface area contributed by atoms with E-state index in [1.54, 1.807) is 11.0 Å². The molecule has 0 N–H and O–H groups in total. The third kappa shape index (κ3) is 2.88. The van der Waals surface area contributed by atoms with Gasteiger partial charge in [-0.2, -0.15) is 0 Å². The molecule has 0 saturated heterocycles. The fourth-order valence-corrected chi connectivity index (χ4v) is 2.88. The molecule has 2 rings (SSSR count). The van der Waals surface area contributed by atoms with Gasteiger partial charge in [0, 0.05) is 12.7 Å². The molecule has 5 heteroatoms. The summed E-state index contributed by atoms with van der Waals surface area (Å²) in [7, 11) is 1.82. The average Bonchev–Trinajstić information content (AvgIpc) is 2.89. The standard InChI is InChI=1S/C15H17FN2OS/c1-4-10(2)14-13(9-19)20-15(17-14)18(3)12-7-5-6-11(16)8-12/h5-10H,4H2,1-3H3. The maximum Gasteiger partial charge on any atom is 0.190 e. The van der Waals surface area contributed by atoms with Gasteiger partial charge in [0.15, 0.2) is 11.4 Å². The highest BCUT2D eigenvalue weighted by Gasteiger charge is 2.18. The van der Waals surface area contributed by atoms with Crippen molar-refractivity contribution >= 4 is 28.4 Å². The normalized spacial score (nSPS) is 12.2. The van der Waals surface area contributed by atoms with Crippen LogP contribution in [0.4, 0.5) is 15.2 Å². The van der Waals surface area contributed by atoms with Gasteiger partial charge < -0.3 is 4.90 Å². The lowest BCUT2D eigenvalue weighted by Gasteiger charge is -2.15. The molecule has 0 aliphatic heterocycles. The second-order valence-electron chi connectivity index (χ2n) is 4.71. The number of carbonyl (C=O) groups excluding carboxylic acids is 1. The molecule has 3 nitrogen and oxygen atoms in total. The van der Waals surface area contributed by atoms with E-state index >= 15 is 0 Å². The Morgan fingerprint density at radius 2 is 2.25 bits per heavy atom. The maximum absolute atomic E-state index is 13.3. The van der Waals surface area contributed by atoms with Crippen molar-refractivity contribution in [1.29, 1.82) is 0 Å². The third-order valence-electron chi connectivity index (χ3n) is 3.34. The molecule has 106 valence electrons. The molecule has 0 radical (unpaired) electrons. The predicted octanol–water partition coefficient (Wildman–Crippen LogP) is 4.38. The number of nitrogens with zero attached hydrogens (tertiary/aromatic N) is 2. The summed E-state index contributed by atoms with van der Waals surface area (Å²) in [6.07, 6.45) is 1.77. The zero-order valence-electron chi connectivity index (χ0n) is 11.8. The third-order valence-corrected chi connectivity index (χ3v) is 4.41. The minimum absolute atomic E-state index is 0.237. The monoisotopic (exact) mass is 292 g/mol. The Bertz CT molecular complexity index is 612. The summed E-state index contributed by atoms with van der Waals surface area (Å²) in [5.74, 6) is -0.0511. The molecule has 0 saturated carbocycles. The first-order valence-corrected chi connectivity index (χ1v) is 7.33. The Labute approximate surface area is 122 Å². The number of thiazole rings is 1. The molecule has 0 fully saturated rings. The van der Waals surface area contributed by atoms with Gasteiger partial charge >= 0.3 is 0 Å². The Kier molecular flexibility index (Phi) is 4.49. The minimum atomic E-state index is -0.288. The minimum Gasteiger partial charge on any atom is -0.321 e. The molecule has 0 bridgehead atoms. The van der Waals surface area contributed by atoms with E-state index in [1.165, 1.54) is 23.5 Å². The number of anilines is 2. The van der Waals surface area contributed by atoms with Crippen molar-refractivity contribution in [3.8, 4) is 0 Å². The largest absolute Gasteiger partial charge is 0.321 e. The highest BCUT2D eigenvalue weighted by molar-refractivity contribution is 7.17. The van der Waals surface area contributed by atoms with Crippen molar-refractivity contribution in [2.45, 2.75) is 26.2 Å². The van der Waals surface area contributed by atoms with Gasteiger partial charge in [0.2, 0.25) is 0 Å². The molecule has 0 spiro atoms. The van der Waals surface area contributed by atoms with Crippen molar-refractivity contribution < 1.29 is 9.18 Å². The fraction of sp³-hybridized carbons (Fsp3) is 0.333. The van der Waals surface area contributed by atoms with Crippen LogP contribution in [-0.4, -0.2) is 18.3 Å². The molecule has 1 atom stereocenters. The molecule has 0 aliphatic carbocycles. The van der Waals surface area contributed by atoms with Crippen molar-refractivity contribution in [2.75, 3.05) is 11.9 Å². The van der Waals surface area contributed by atoms with Crippen LogP contribution in [0.25, 0.3) is 0 Å². The molecule has 2 aromatic rings. The van der Waals surface area contributed by atoms with Gasteiger partial charge in [-0.1, -0.05) is 31.3 Å². The van der Waals surface area contributed by atoms with Crippen LogP contribution < -0.4 is 4.90 Å². The summed E-state index contributed by atoms with van der Waals surface area (Å²) in [6, 6.07) is 6.32. The molecule has 20 heavy (non-hydrogen) atoms. The van der Waals surface area contributed by atoms with Crippen LogP contribution in [0.2, 0.25) is 0 Å². The van der Waals surface area contributed by atoms with Crippen molar-refractivity contribution in [2.24, 2.45) is 0 Å². The molecule has 1 heterocycles. The molecular weight excluding hydrogens is 275 g/mol. The van der Waals surface area contributed by atoms with E-state index in [4.69, 9.17) is 0 Å². The molecule has 1 aromatic heterocycles. The highest BCUT2D eigenvalue weighted by Crippen LogP contribution is 2.33. The summed E-state index contributed by atoms with van der Waals surface area (Å²) < 4.78 is 13.3. The lowest BCUT2D eigenvalue weighted by atomic mass is 10.0. The van der Waals surface area contributed by atoms with E-state index in [-0.39, 0.29) is 11.7 Å². The number of rotatable bonds is 5. The number of halogens is 1. The fourth-order valence-electron chi connectivity index (χ4n) is 1.90. The molecule has 0 aliphatic rings. The van der Waals surface area contributed by atoms with Gasteiger partial charge in [-0.3, -0.25) is 4.79 Å². The van der Waals surface area contributed by atoms with Gasteiger partial charge in [0.25, 0.3) is 0 Å². The quantitative estimate of drug-likeness (QED) is 0.767. The second-order valence-corrected chi connectivity index (χ2v) is 5.72. The molecule has 0 amide bonds. The highest BCUT2D eigenvalue weighted by atomic mass is 32.1. The van der Waals surface area contributed by atoms with Crippen LogP contribution in [0, 0.1) is 5.82 Å². The smallest absolute Gasteiger partial charge is 0.190 e. The summed E-state index contributed by atoms with van der Waals surface area (Å²) in [4.78, 5) is 18.2. The van der Waals surface area contributed by atoms with Crippen molar-refractivity contribution in [3.05, 3.63) is 40.7 Å². The maximum atomic E-state index is 13.3. The number of benzene rings is 1. The Balaban J connectivity index is 2.38. The number of hydrogen-bond donors (Lipinski definition) is 0. The lowest BCUT2D eigenvalue weighted by molar-refractivity contribution is 0.112. The summed E-state index contributed by atoms with van der Waals surface area (Å²) in [5.41, 5.74) is 1.54. The van der Waals surface area contributed by atoms with Crippen LogP contribution in [0.1, 0.15) is 41.6 Å². The summed E-state index contributed by atoms with van der Waals surface area (Å²) in [6.45, 7) is 4.11. The van der Waals surface area contributed by atoms with E-state index in [2.05, 4.69) is 11.9 Å². The number of carbonyl (C=O) groups is 1. The SMILES string of the molecule is CCC(C)c1nc(N(C)c2cccc(F)c2)sc1C=O. The van der Waals surface area contributed by atoms with Crippen molar-refractivity contribution in [1.82, 2.24) is 4.98 Å². The number of hydrogen-bond acceptors (Lipinski definition) is 4. The number of aromatic nitrogens is 1. The first-order chi connectivity index (χ1) is 9.56. The van der Waals surface area contributed by atoms with Crippen LogP contribution in [-0.2, 0) is 0 Å². The summed E-state index contributed by atoms with van der Waals surface area (Å²) in [5, 5.41) is 0.702. The van der Waals surface area contributed by atoms with Crippen LogP contribution in [0.5, 0.6) is 0 Å². The van der Waals surface area contributed by atoms with Gasteiger partial charge in [0.05, 0.1) is 10.6 Å². The predicted molar refractivity (Wildman–Crippen MR) is 80.7 cm³/mol. The zero-order valence-corrected chi connectivity index (χ0v) is 12.6. The van der Waals surface area contributed by atoms with E-state index in [0.29, 0.717) is 15.7 Å². The lowest BCUT2D eigenvalue weighted by Crippen LogP contribution is -2.09. The van der Waals surface area contributed by atoms with Crippen LogP contribution in [0.15, 0.2) is 24.3 Å². The topological polar surface area (TPSA) is 33.2 Å². The van der Waals surface area contributed by atoms with E-state index < -0.39 is 0 Å². The molecule has 1 unspecified atom stereocenters. The zero-order chi connectivity index (χ0) is 14.7. The van der Waals surface area contributed by atoms with Gasteiger partial charge in [-0.25, -0.2) is 9.37 Å². The second kappa shape index (κ2) is 6.13. The van der Waals surface area contributed by atoms with Crippen molar-refractivity contribution in [3.63, 3.8) is 0 Å². The van der Waals surface area contributed by atoms with Gasteiger partial charge in [-0.15, -0.1) is 0 Å². The van der Waals surface area contributed by atoms with Gasteiger partial charge in [0.1, 0.15) is 5.82 Å². The molecular formula is C15H17FN2OS. The van der Waals surface area contributed by atoms with E-state index in [0.717, 1.165) is 18.4 Å². The van der Waals surface area contributed by atoms with E-state index in [9.17, 15) is 9.18 Å². The Morgan fingerprint density at radius 1 is 1.50 bits per heavy atom. The Morgan fingerprint density at radius 3 is 2.85 bits per heavy atom.